The molecule has 1 aliphatic heterocycles. The first-order chi connectivity index (χ1) is 20.0. The fourth-order valence-corrected chi connectivity index (χ4v) is 5.19. The number of imide groups is 1. The second kappa shape index (κ2) is 11.6. The molecule has 10 heteroatoms. The number of nitrogens with zero attached hydrogens (tertiary/aromatic N) is 1. The van der Waals surface area contributed by atoms with Gasteiger partial charge in [-0.15, -0.1) is 0 Å². The summed E-state index contributed by atoms with van der Waals surface area (Å²) < 4.78 is 11.2. The number of ketones is 1. The summed E-state index contributed by atoms with van der Waals surface area (Å²) >= 11 is 18.7. The number of anilines is 1. The Morgan fingerprint density at radius 3 is 1.95 bits per heavy atom. The summed E-state index contributed by atoms with van der Waals surface area (Å²) in [5.74, 6) is -2.68. The third kappa shape index (κ3) is 5.27. The molecule has 0 aliphatic carbocycles. The topological polar surface area (TPSA) is 90.0 Å². The van der Waals surface area contributed by atoms with Crippen molar-refractivity contribution < 1.29 is 28.7 Å². The Kier molecular flexibility index (Phi) is 8.10. The molecule has 42 heavy (non-hydrogen) atoms. The first-order valence-corrected chi connectivity index (χ1v) is 13.8. The van der Waals surface area contributed by atoms with Crippen molar-refractivity contribution in [3.63, 3.8) is 0 Å². The van der Waals surface area contributed by atoms with E-state index in [4.69, 9.17) is 44.3 Å². The van der Waals surface area contributed by atoms with Crippen LogP contribution >= 0.6 is 34.8 Å². The maximum Gasteiger partial charge on any atom is 0.343 e. The molecule has 0 spiro atoms. The average molecular weight is 623 g/mol. The molecule has 0 fully saturated rings. The molecule has 5 rings (SSSR count). The molecular weight excluding hydrogens is 601 g/mol. The standard InChI is InChI=1S/C32H22Cl3NO6/c1-16-9-10-19(11-17(16)2)28(37)29(18-7-5-4-6-8-18)42-32(40)22-14-25(35)26(15-27(22)41-3)36-30(38)20-12-23(33)24(34)13-21(20)31(36)39/h4-15,29H,1-3H3/t29-/m0/s1. The summed E-state index contributed by atoms with van der Waals surface area (Å²) in [5, 5.41) is 0.123. The highest BCUT2D eigenvalue weighted by Gasteiger charge is 2.39. The highest BCUT2D eigenvalue weighted by Crippen LogP contribution is 2.40. The lowest BCUT2D eigenvalue weighted by atomic mass is 9.97. The van der Waals surface area contributed by atoms with Crippen LogP contribution in [0.25, 0.3) is 0 Å². The fourth-order valence-electron chi connectivity index (χ4n) is 4.61. The van der Waals surface area contributed by atoms with Gasteiger partial charge in [0.05, 0.1) is 39.0 Å². The van der Waals surface area contributed by atoms with E-state index in [1.807, 2.05) is 19.9 Å². The first kappa shape index (κ1) is 29.3. The number of halogens is 3. The Hall–Kier alpha value is -4.17. The molecule has 0 saturated heterocycles. The van der Waals surface area contributed by atoms with Crippen LogP contribution < -0.4 is 9.64 Å². The van der Waals surface area contributed by atoms with Gasteiger partial charge < -0.3 is 9.47 Å². The lowest BCUT2D eigenvalue weighted by Crippen LogP contribution is -2.30. The molecule has 1 aliphatic rings. The minimum atomic E-state index is -1.27. The van der Waals surface area contributed by atoms with E-state index in [9.17, 15) is 19.2 Å². The van der Waals surface area contributed by atoms with Crippen molar-refractivity contribution in [3.05, 3.63) is 127 Å². The smallest absolute Gasteiger partial charge is 0.343 e. The molecule has 0 N–H and O–H groups in total. The second-order valence-corrected chi connectivity index (χ2v) is 10.8. The first-order valence-electron chi connectivity index (χ1n) is 12.6. The van der Waals surface area contributed by atoms with Gasteiger partial charge in [0.2, 0.25) is 5.78 Å². The number of hydrogen-bond donors (Lipinski definition) is 0. The summed E-state index contributed by atoms with van der Waals surface area (Å²) in [6, 6.07) is 19.0. The van der Waals surface area contributed by atoms with Crippen LogP contribution in [0.15, 0.2) is 72.8 Å². The number of ether oxygens (including phenoxy) is 2. The number of methoxy groups -OCH3 is 1. The van der Waals surface area contributed by atoms with E-state index in [-0.39, 0.29) is 43.2 Å². The number of rotatable bonds is 7. The van der Waals surface area contributed by atoms with Crippen LogP contribution in [0.1, 0.15) is 64.2 Å². The van der Waals surface area contributed by atoms with Gasteiger partial charge >= 0.3 is 5.97 Å². The second-order valence-electron chi connectivity index (χ2n) is 9.62. The maximum atomic E-state index is 13.6. The van der Waals surface area contributed by atoms with Crippen LogP contribution in [-0.2, 0) is 4.74 Å². The van der Waals surface area contributed by atoms with Crippen LogP contribution in [0.3, 0.4) is 0 Å². The van der Waals surface area contributed by atoms with Gasteiger partial charge in [-0.1, -0.05) is 77.3 Å². The maximum absolute atomic E-state index is 13.6. The molecule has 212 valence electrons. The number of esters is 1. The van der Waals surface area contributed by atoms with E-state index in [1.165, 1.54) is 31.4 Å². The minimum Gasteiger partial charge on any atom is -0.496 e. The largest absolute Gasteiger partial charge is 0.496 e. The normalized spacial score (nSPS) is 13.1. The number of carbonyl (C=O) groups excluding carboxylic acids is 4. The highest BCUT2D eigenvalue weighted by molar-refractivity contribution is 6.45. The monoisotopic (exact) mass is 621 g/mol. The quantitative estimate of drug-likeness (QED) is 0.118. The lowest BCUT2D eigenvalue weighted by Gasteiger charge is -2.21. The van der Waals surface area contributed by atoms with Crippen molar-refractivity contribution in [1.29, 1.82) is 0 Å². The number of aryl methyl sites for hydroxylation is 2. The Bertz CT molecular complexity index is 1750. The van der Waals surface area contributed by atoms with E-state index in [0.29, 0.717) is 11.1 Å². The Labute approximate surface area is 256 Å². The summed E-state index contributed by atoms with van der Waals surface area (Å²) in [6.07, 6.45) is -1.27. The van der Waals surface area contributed by atoms with E-state index < -0.39 is 29.7 Å². The van der Waals surface area contributed by atoms with Gasteiger partial charge in [0.1, 0.15) is 11.3 Å². The van der Waals surface area contributed by atoms with Crippen molar-refractivity contribution in [3.8, 4) is 5.75 Å². The molecule has 1 atom stereocenters. The van der Waals surface area contributed by atoms with E-state index in [1.54, 1.807) is 42.5 Å². The number of Topliss-reactive ketones (excluding diaryl/α,β-unsaturated/α-hetero) is 1. The zero-order chi connectivity index (χ0) is 30.3. The summed E-state index contributed by atoms with van der Waals surface area (Å²) in [4.78, 5) is 54.4. The Balaban J connectivity index is 1.50. The van der Waals surface area contributed by atoms with E-state index >= 15 is 0 Å². The van der Waals surface area contributed by atoms with Crippen LogP contribution in [0.4, 0.5) is 5.69 Å². The number of fused-ring (bicyclic) bond motifs is 1. The summed E-state index contributed by atoms with van der Waals surface area (Å²) in [6.45, 7) is 3.83. The molecule has 0 bridgehead atoms. The summed E-state index contributed by atoms with van der Waals surface area (Å²) in [7, 11) is 1.31. The third-order valence-corrected chi connectivity index (χ3v) is 8.04. The van der Waals surface area contributed by atoms with Crippen molar-refractivity contribution >= 4 is 64.1 Å². The number of amides is 2. The Morgan fingerprint density at radius 2 is 1.38 bits per heavy atom. The minimum absolute atomic E-state index is 0.0191. The van der Waals surface area contributed by atoms with Crippen molar-refractivity contribution in [1.82, 2.24) is 0 Å². The van der Waals surface area contributed by atoms with Crippen LogP contribution in [0.2, 0.25) is 15.1 Å². The molecule has 0 aromatic heterocycles. The van der Waals surface area contributed by atoms with Crippen molar-refractivity contribution in [2.24, 2.45) is 0 Å². The molecule has 7 nitrogen and oxygen atoms in total. The van der Waals surface area contributed by atoms with Gasteiger partial charge in [-0.3, -0.25) is 14.4 Å². The van der Waals surface area contributed by atoms with Crippen LogP contribution in [0.5, 0.6) is 5.75 Å². The number of carbonyl (C=O) groups is 4. The highest BCUT2D eigenvalue weighted by atomic mass is 35.5. The van der Waals surface area contributed by atoms with Gasteiger partial charge in [0.25, 0.3) is 11.8 Å². The van der Waals surface area contributed by atoms with E-state index in [2.05, 4.69) is 0 Å². The van der Waals surface area contributed by atoms with E-state index in [0.717, 1.165) is 16.0 Å². The summed E-state index contributed by atoms with van der Waals surface area (Å²) in [5.41, 5.74) is 2.78. The molecule has 1 heterocycles. The zero-order valence-corrected chi connectivity index (χ0v) is 24.8. The van der Waals surface area contributed by atoms with Gasteiger partial charge in [-0.05, 0) is 49.2 Å². The van der Waals surface area contributed by atoms with Crippen LogP contribution in [0, 0.1) is 13.8 Å². The lowest BCUT2D eigenvalue weighted by molar-refractivity contribution is 0.0277. The average Bonchev–Trinajstić information content (AvgIpc) is 3.21. The van der Waals surface area contributed by atoms with Gasteiger partial charge in [0.15, 0.2) is 6.10 Å². The van der Waals surface area contributed by atoms with Gasteiger partial charge in [-0.2, -0.15) is 0 Å². The molecule has 0 unspecified atom stereocenters. The molecule has 4 aromatic carbocycles. The fraction of sp³-hybridized carbons (Fsp3) is 0.125. The van der Waals surface area contributed by atoms with Crippen molar-refractivity contribution in [2.75, 3.05) is 12.0 Å². The van der Waals surface area contributed by atoms with Crippen molar-refractivity contribution in [2.45, 2.75) is 20.0 Å². The molecule has 0 radical (unpaired) electrons. The zero-order valence-electron chi connectivity index (χ0n) is 22.5. The predicted molar refractivity (Wildman–Crippen MR) is 160 cm³/mol. The van der Waals surface area contributed by atoms with Gasteiger partial charge in [-0.25, -0.2) is 9.69 Å². The molecule has 2 amide bonds. The Morgan fingerprint density at radius 1 is 0.762 bits per heavy atom. The number of benzene rings is 4. The van der Waals surface area contributed by atoms with Gasteiger partial charge in [0, 0.05) is 17.2 Å². The molecular formula is C32H22Cl3NO6. The molecule has 0 saturated carbocycles. The SMILES string of the molecule is COc1cc(N2C(=O)c3cc(Cl)c(Cl)cc3C2=O)c(Cl)cc1C(=O)O[C@H](C(=O)c1ccc(C)c(C)c1)c1ccccc1. The third-order valence-electron chi connectivity index (χ3n) is 7.01. The van der Waals surface area contributed by atoms with Crippen LogP contribution in [-0.4, -0.2) is 30.7 Å². The molecule has 4 aromatic rings. The predicted octanol–water partition coefficient (Wildman–Crippen LogP) is 7.85. The number of hydrogen-bond acceptors (Lipinski definition) is 6.